The van der Waals surface area contributed by atoms with Gasteiger partial charge < -0.3 is 0 Å². The van der Waals surface area contributed by atoms with Crippen molar-refractivity contribution in [3.05, 3.63) is 120 Å². The van der Waals surface area contributed by atoms with Crippen molar-refractivity contribution in [1.82, 2.24) is 29.5 Å². The summed E-state index contributed by atoms with van der Waals surface area (Å²) in [6, 6.07) is 35.1. The molecule has 1 aliphatic heterocycles. The average molecular weight is 536 g/mol. The van der Waals surface area contributed by atoms with Crippen LogP contribution in [-0.2, 0) is 6.54 Å². The molecule has 7 heteroatoms. The van der Waals surface area contributed by atoms with Crippen LogP contribution in [0.15, 0.2) is 103 Å². The number of nitrogens with one attached hydrogen (secondary N) is 1. The molecule has 1 saturated heterocycles. The maximum Gasteiger partial charge on any atom is 0.181 e. The van der Waals surface area contributed by atoms with Crippen LogP contribution in [0.4, 0.5) is 0 Å². The summed E-state index contributed by atoms with van der Waals surface area (Å²) in [7, 11) is 0. The van der Waals surface area contributed by atoms with Gasteiger partial charge in [-0.15, -0.1) is 0 Å². The molecule has 0 aliphatic carbocycles. The Morgan fingerprint density at radius 1 is 0.780 bits per heavy atom. The van der Waals surface area contributed by atoms with Crippen LogP contribution in [0.5, 0.6) is 0 Å². The van der Waals surface area contributed by atoms with E-state index in [0.717, 1.165) is 72.2 Å². The fraction of sp³-hybridized carbons (Fsp3) is 0.176. The molecule has 0 radical (unpaired) electrons. The molecule has 7 nitrogen and oxygen atoms in total. The molecule has 3 aromatic carbocycles. The molecule has 0 amide bonds. The minimum Gasteiger partial charge on any atom is -0.299 e. The monoisotopic (exact) mass is 535 g/mol. The van der Waals surface area contributed by atoms with Crippen LogP contribution >= 0.6 is 0 Å². The molecule has 0 unspecified atom stereocenters. The molecule has 0 spiro atoms. The van der Waals surface area contributed by atoms with Gasteiger partial charge in [0.1, 0.15) is 11.9 Å². The highest BCUT2D eigenvalue weighted by Gasteiger charge is 2.24. The Hall–Kier alpha value is -5.06. The molecule has 0 bridgehead atoms. The van der Waals surface area contributed by atoms with E-state index in [1.165, 1.54) is 5.56 Å². The van der Waals surface area contributed by atoms with Gasteiger partial charge in [0.2, 0.25) is 0 Å². The number of rotatable bonds is 6. The minimum atomic E-state index is 0.406. The first-order valence-electron chi connectivity index (χ1n) is 14.0. The summed E-state index contributed by atoms with van der Waals surface area (Å²) in [6.07, 6.45) is 4.10. The highest BCUT2D eigenvalue weighted by molar-refractivity contribution is 5.83. The molecule has 1 N–H and O–H groups in total. The second-order valence-corrected chi connectivity index (χ2v) is 10.6. The van der Waals surface area contributed by atoms with Crippen LogP contribution in [-0.4, -0.2) is 42.6 Å². The molecule has 3 aromatic heterocycles. The van der Waals surface area contributed by atoms with Crippen LogP contribution in [0, 0.1) is 11.3 Å². The third-order valence-electron chi connectivity index (χ3n) is 7.96. The lowest BCUT2D eigenvalue weighted by atomic mass is 9.95. The minimum absolute atomic E-state index is 0.406. The van der Waals surface area contributed by atoms with E-state index in [2.05, 4.69) is 57.6 Å². The van der Waals surface area contributed by atoms with E-state index in [4.69, 9.17) is 9.97 Å². The first-order valence-corrected chi connectivity index (χ1v) is 14.0. The van der Waals surface area contributed by atoms with Gasteiger partial charge in [0.05, 0.1) is 17.0 Å². The molecule has 6 aromatic rings. The summed E-state index contributed by atoms with van der Waals surface area (Å²) in [5, 5.41) is 17.3. The summed E-state index contributed by atoms with van der Waals surface area (Å²) in [5.74, 6) is 2.17. The van der Waals surface area contributed by atoms with Gasteiger partial charge in [-0.1, -0.05) is 84.9 Å². The Balaban J connectivity index is 1.07. The predicted molar refractivity (Wildman–Crippen MR) is 160 cm³/mol. The summed E-state index contributed by atoms with van der Waals surface area (Å²) >= 11 is 0. The summed E-state index contributed by atoms with van der Waals surface area (Å²) in [4.78, 5) is 12.3. The SMILES string of the molecule is N#Cc1cccn2c(-c3ccccc3)c(-c3ccc(CN4CCC(c5nc(-c6ccccc6)n[nH]5)CC4)cc3)nc12. The van der Waals surface area contributed by atoms with Gasteiger partial charge in [-0.25, -0.2) is 9.97 Å². The average Bonchev–Trinajstić information content (AvgIpc) is 3.69. The second-order valence-electron chi connectivity index (χ2n) is 10.6. The first-order chi connectivity index (χ1) is 20.3. The molecule has 0 saturated carbocycles. The van der Waals surface area contributed by atoms with Gasteiger partial charge >= 0.3 is 0 Å². The van der Waals surface area contributed by atoms with E-state index in [0.29, 0.717) is 17.1 Å². The Kier molecular flexibility index (Phi) is 6.59. The third-order valence-corrected chi connectivity index (χ3v) is 7.96. The van der Waals surface area contributed by atoms with Crippen molar-refractivity contribution in [2.75, 3.05) is 13.1 Å². The summed E-state index contributed by atoms with van der Waals surface area (Å²) in [6.45, 7) is 2.96. The number of piperidine rings is 1. The van der Waals surface area contributed by atoms with Crippen molar-refractivity contribution >= 4 is 5.65 Å². The van der Waals surface area contributed by atoms with Crippen LogP contribution in [0.1, 0.15) is 35.7 Å². The number of aromatic amines is 1. The van der Waals surface area contributed by atoms with E-state index in [-0.39, 0.29) is 0 Å². The highest BCUT2D eigenvalue weighted by Crippen LogP contribution is 2.34. The fourth-order valence-corrected chi connectivity index (χ4v) is 5.79. The highest BCUT2D eigenvalue weighted by atomic mass is 15.2. The van der Waals surface area contributed by atoms with Gasteiger partial charge in [-0.05, 0) is 43.6 Å². The smallest absolute Gasteiger partial charge is 0.181 e. The van der Waals surface area contributed by atoms with Gasteiger partial charge in [0.15, 0.2) is 11.5 Å². The number of pyridine rings is 1. The largest absolute Gasteiger partial charge is 0.299 e. The normalized spacial score (nSPS) is 14.3. The van der Waals surface area contributed by atoms with Crippen molar-refractivity contribution in [2.24, 2.45) is 0 Å². The number of H-pyrrole nitrogens is 1. The molecule has 0 atom stereocenters. The van der Waals surface area contributed by atoms with Crippen molar-refractivity contribution in [1.29, 1.82) is 5.26 Å². The number of nitrogens with zero attached hydrogens (tertiary/aromatic N) is 6. The van der Waals surface area contributed by atoms with Crippen LogP contribution < -0.4 is 0 Å². The third kappa shape index (κ3) is 4.90. The standard InChI is InChI=1S/C34H29N7/c35-22-29-12-7-19-41-31(26-8-3-1-4-9-26)30(36-34(29)41)25-15-13-24(14-16-25)23-40-20-17-28(18-21-40)33-37-32(38-39-33)27-10-5-2-6-11-27/h1-16,19,28H,17-18,20-21,23H2,(H,37,38,39). The van der Waals surface area contributed by atoms with Crippen LogP contribution in [0.25, 0.3) is 39.5 Å². The Labute approximate surface area is 238 Å². The van der Waals surface area contributed by atoms with E-state index >= 15 is 0 Å². The van der Waals surface area contributed by atoms with Gasteiger partial charge in [0.25, 0.3) is 0 Å². The topological polar surface area (TPSA) is 85.9 Å². The molecular formula is C34H29N7. The van der Waals surface area contributed by atoms with E-state index < -0.39 is 0 Å². The van der Waals surface area contributed by atoms with Crippen molar-refractivity contribution in [3.63, 3.8) is 0 Å². The molecule has 1 aliphatic rings. The maximum atomic E-state index is 9.68. The molecule has 7 rings (SSSR count). The van der Waals surface area contributed by atoms with E-state index in [1.54, 1.807) is 0 Å². The number of hydrogen-bond acceptors (Lipinski definition) is 5. The number of benzene rings is 3. The van der Waals surface area contributed by atoms with Gasteiger partial charge in [0, 0.05) is 35.3 Å². The Bertz CT molecular complexity index is 1820. The number of hydrogen-bond donors (Lipinski definition) is 1. The van der Waals surface area contributed by atoms with Crippen molar-refractivity contribution < 1.29 is 0 Å². The summed E-state index contributed by atoms with van der Waals surface area (Å²) < 4.78 is 2.03. The number of fused-ring (bicyclic) bond motifs is 1. The van der Waals surface area contributed by atoms with Crippen molar-refractivity contribution in [3.8, 4) is 40.0 Å². The molecule has 1 fully saturated rings. The quantitative estimate of drug-likeness (QED) is 0.256. The van der Waals surface area contributed by atoms with Gasteiger partial charge in [-0.3, -0.25) is 14.4 Å². The van der Waals surface area contributed by atoms with E-state index in [9.17, 15) is 5.26 Å². The summed E-state index contributed by atoms with van der Waals surface area (Å²) in [5.41, 5.74) is 7.56. The molecule has 200 valence electrons. The first kappa shape index (κ1) is 24.9. The molecular weight excluding hydrogens is 506 g/mol. The van der Waals surface area contributed by atoms with Crippen molar-refractivity contribution in [2.45, 2.75) is 25.3 Å². The molecule has 41 heavy (non-hydrogen) atoms. The maximum absolute atomic E-state index is 9.68. The number of nitriles is 1. The van der Waals surface area contributed by atoms with Gasteiger partial charge in [-0.2, -0.15) is 10.4 Å². The zero-order valence-corrected chi connectivity index (χ0v) is 22.6. The zero-order valence-electron chi connectivity index (χ0n) is 22.6. The van der Waals surface area contributed by atoms with E-state index in [1.807, 2.05) is 71.3 Å². The lowest BCUT2D eigenvalue weighted by Gasteiger charge is -2.30. The zero-order chi connectivity index (χ0) is 27.6. The number of likely N-dealkylation sites (tertiary alicyclic amines) is 1. The Morgan fingerprint density at radius 2 is 1.49 bits per heavy atom. The fourth-order valence-electron chi connectivity index (χ4n) is 5.79. The van der Waals surface area contributed by atoms with Crippen LogP contribution in [0.3, 0.4) is 0 Å². The lowest BCUT2D eigenvalue weighted by Crippen LogP contribution is -2.32. The number of aromatic nitrogens is 5. The predicted octanol–water partition coefficient (Wildman–Crippen LogP) is 6.70. The Morgan fingerprint density at radius 3 is 2.20 bits per heavy atom. The number of imidazole rings is 1. The lowest BCUT2D eigenvalue weighted by molar-refractivity contribution is 0.202. The second kappa shape index (κ2) is 10.8. The van der Waals surface area contributed by atoms with Crippen LogP contribution in [0.2, 0.25) is 0 Å². The molecule has 4 heterocycles.